The summed E-state index contributed by atoms with van der Waals surface area (Å²) >= 11 is 0. The Kier molecular flexibility index (Phi) is 4.10. The van der Waals surface area contributed by atoms with Gasteiger partial charge in [-0.15, -0.1) is 0 Å². The van der Waals surface area contributed by atoms with Crippen LogP contribution in [0.2, 0.25) is 0 Å². The van der Waals surface area contributed by atoms with Crippen molar-refractivity contribution in [1.29, 1.82) is 5.26 Å². The van der Waals surface area contributed by atoms with E-state index >= 15 is 0 Å². The topological polar surface area (TPSA) is 45.4 Å². The van der Waals surface area contributed by atoms with E-state index in [1.165, 1.54) is 0 Å². The van der Waals surface area contributed by atoms with Gasteiger partial charge in [-0.25, -0.2) is 0 Å². The number of benzene rings is 2. The summed E-state index contributed by atoms with van der Waals surface area (Å²) < 4.78 is 0. The summed E-state index contributed by atoms with van der Waals surface area (Å²) in [6.07, 6.45) is 2.74. The van der Waals surface area contributed by atoms with Crippen LogP contribution in [-0.4, -0.2) is 6.21 Å². The molecule has 3 heteroatoms. The van der Waals surface area contributed by atoms with Crippen molar-refractivity contribution in [3.63, 3.8) is 0 Å². The lowest BCUT2D eigenvalue weighted by atomic mass is 10.1. The first kappa shape index (κ1) is 11.9. The van der Waals surface area contributed by atoms with Gasteiger partial charge < -0.3 is 4.84 Å². The molecule has 3 nitrogen and oxygen atoms in total. The molecule has 0 aliphatic heterocycles. The van der Waals surface area contributed by atoms with Crippen LogP contribution in [0.25, 0.3) is 0 Å². The average molecular weight is 235 g/mol. The van der Waals surface area contributed by atoms with Crippen LogP contribution in [-0.2, 0) is 11.4 Å². The molecule has 18 heavy (non-hydrogen) atoms. The first-order valence-corrected chi connectivity index (χ1v) is 5.50. The molecule has 0 saturated heterocycles. The Morgan fingerprint density at radius 2 is 1.78 bits per heavy atom. The molecule has 2 aromatic rings. The summed E-state index contributed by atoms with van der Waals surface area (Å²) in [5, 5.41) is 12.5. The van der Waals surface area contributed by atoms with Crippen LogP contribution in [0.15, 0.2) is 59.8 Å². The van der Waals surface area contributed by atoms with Crippen LogP contribution < -0.4 is 0 Å². The Hall–Kier alpha value is -2.60. The van der Waals surface area contributed by atoms with E-state index in [4.69, 9.17) is 10.1 Å². The van der Waals surface area contributed by atoms with Crippen LogP contribution in [0.3, 0.4) is 0 Å². The van der Waals surface area contributed by atoms with Gasteiger partial charge in [0.05, 0.1) is 11.6 Å². The van der Waals surface area contributed by atoms with E-state index in [2.05, 4.69) is 17.4 Å². The SMILES string of the molecule is N#Cc1cccc(/[C]=N\OCc2ccccc2)c1. The second-order valence-corrected chi connectivity index (χ2v) is 3.65. The number of nitriles is 1. The molecule has 0 unspecified atom stereocenters. The predicted octanol–water partition coefficient (Wildman–Crippen LogP) is 2.99. The van der Waals surface area contributed by atoms with Gasteiger partial charge in [-0.1, -0.05) is 47.6 Å². The fourth-order valence-corrected chi connectivity index (χ4v) is 1.42. The molecule has 0 aliphatic carbocycles. The zero-order valence-corrected chi connectivity index (χ0v) is 9.71. The molecule has 0 atom stereocenters. The Morgan fingerprint density at radius 1 is 1.00 bits per heavy atom. The molecule has 2 aromatic carbocycles. The van der Waals surface area contributed by atoms with E-state index in [9.17, 15) is 0 Å². The molecule has 0 amide bonds. The number of nitrogens with zero attached hydrogens (tertiary/aromatic N) is 2. The monoisotopic (exact) mass is 235 g/mol. The molecule has 0 spiro atoms. The van der Waals surface area contributed by atoms with Crippen molar-refractivity contribution in [3.05, 3.63) is 71.3 Å². The molecule has 0 N–H and O–H groups in total. The van der Waals surface area contributed by atoms with E-state index < -0.39 is 0 Å². The van der Waals surface area contributed by atoms with Gasteiger partial charge in [-0.05, 0) is 17.7 Å². The second-order valence-electron chi connectivity index (χ2n) is 3.65. The van der Waals surface area contributed by atoms with Gasteiger partial charge in [0, 0.05) is 5.56 Å². The standard InChI is InChI=1S/C15H11N2O/c16-10-14-7-4-8-15(9-14)11-17-18-12-13-5-2-1-3-6-13/h1-9H,12H2. The summed E-state index contributed by atoms with van der Waals surface area (Å²) in [6.45, 7) is 0.409. The van der Waals surface area contributed by atoms with Gasteiger partial charge >= 0.3 is 0 Å². The summed E-state index contributed by atoms with van der Waals surface area (Å²) in [4.78, 5) is 5.13. The molecular weight excluding hydrogens is 224 g/mol. The molecule has 1 radical (unpaired) electrons. The Bertz CT molecular complexity index is 571. The van der Waals surface area contributed by atoms with Crippen molar-refractivity contribution in [2.45, 2.75) is 6.61 Å². The lowest BCUT2D eigenvalue weighted by molar-refractivity contribution is 0.132. The van der Waals surface area contributed by atoms with Crippen molar-refractivity contribution in [3.8, 4) is 6.07 Å². The minimum absolute atomic E-state index is 0.409. The molecule has 0 aromatic heterocycles. The zero-order chi connectivity index (χ0) is 12.6. The number of hydrogen-bond acceptors (Lipinski definition) is 3. The van der Waals surface area contributed by atoms with Gasteiger partial charge in [0.1, 0.15) is 12.8 Å². The largest absolute Gasteiger partial charge is 0.390 e. The molecule has 0 heterocycles. The van der Waals surface area contributed by atoms with Crippen LogP contribution in [0, 0.1) is 11.3 Å². The third kappa shape index (κ3) is 3.46. The van der Waals surface area contributed by atoms with E-state index in [0.717, 1.165) is 11.1 Å². The highest BCUT2D eigenvalue weighted by Crippen LogP contribution is 2.03. The molecule has 0 fully saturated rings. The van der Waals surface area contributed by atoms with Crippen molar-refractivity contribution >= 4 is 6.21 Å². The average Bonchev–Trinajstić information content (AvgIpc) is 2.45. The first-order valence-electron chi connectivity index (χ1n) is 5.50. The van der Waals surface area contributed by atoms with Crippen molar-refractivity contribution in [1.82, 2.24) is 0 Å². The maximum atomic E-state index is 8.74. The van der Waals surface area contributed by atoms with Gasteiger partial charge in [0.25, 0.3) is 0 Å². The quantitative estimate of drug-likeness (QED) is 0.604. The Labute approximate surface area is 106 Å². The van der Waals surface area contributed by atoms with E-state index in [1.54, 1.807) is 18.2 Å². The van der Waals surface area contributed by atoms with Crippen LogP contribution in [0.4, 0.5) is 0 Å². The molecular formula is C15H11N2O. The lowest BCUT2D eigenvalue weighted by Gasteiger charge is -1.98. The Balaban J connectivity index is 1.90. The van der Waals surface area contributed by atoms with Crippen molar-refractivity contribution < 1.29 is 4.84 Å². The second kappa shape index (κ2) is 6.21. The van der Waals surface area contributed by atoms with E-state index in [0.29, 0.717) is 12.2 Å². The third-order valence-electron chi connectivity index (χ3n) is 2.31. The summed E-state index contributed by atoms with van der Waals surface area (Å²) in [6, 6.07) is 18.9. The Morgan fingerprint density at radius 3 is 2.56 bits per heavy atom. The smallest absolute Gasteiger partial charge is 0.142 e. The first-order chi connectivity index (χ1) is 8.88. The van der Waals surface area contributed by atoms with E-state index in [-0.39, 0.29) is 0 Å². The molecule has 0 aliphatic rings. The maximum absolute atomic E-state index is 8.74. The molecule has 2 rings (SSSR count). The summed E-state index contributed by atoms with van der Waals surface area (Å²) in [7, 11) is 0. The van der Waals surface area contributed by atoms with E-state index in [1.807, 2.05) is 36.4 Å². The minimum Gasteiger partial charge on any atom is -0.390 e. The van der Waals surface area contributed by atoms with Crippen molar-refractivity contribution in [2.75, 3.05) is 0 Å². The van der Waals surface area contributed by atoms with Gasteiger partial charge in [0.2, 0.25) is 0 Å². The highest BCUT2D eigenvalue weighted by Gasteiger charge is 1.93. The van der Waals surface area contributed by atoms with Crippen LogP contribution in [0.5, 0.6) is 0 Å². The highest BCUT2D eigenvalue weighted by atomic mass is 16.6. The fraction of sp³-hybridized carbons (Fsp3) is 0.0667. The summed E-state index contributed by atoms with van der Waals surface area (Å²) in [5.41, 5.74) is 2.36. The van der Waals surface area contributed by atoms with Crippen molar-refractivity contribution in [2.24, 2.45) is 5.16 Å². The highest BCUT2D eigenvalue weighted by molar-refractivity contribution is 5.79. The normalized spacial score (nSPS) is 10.2. The van der Waals surface area contributed by atoms with Gasteiger partial charge in [0.15, 0.2) is 0 Å². The number of hydrogen-bond donors (Lipinski definition) is 0. The van der Waals surface area contributed by atoms with Crippen LogP contribution in [0.1, 0.15) is 16.7 Å². The number of rotatable bonds is 4. The summed E-state index contributed by atoms with van der Waals surface area (Å²) in [5.74, 6) is 0. The fourth-order valence-electron chi connectivity index (χ4n) is 1.42. The molecule has 0 bridgehead atoms. The maximum Gasteiger partial charge on any atom is 0.142 e. The minimum atomic E-state index is 0.409. The molecule has 87 valence electrons. The van der Waals surface area contributed by atoms with Gasteiger partial charge in [-0.2, -0.15) is 5.26 Å². The molecule has 0 saturated carbocycles. The third-order valence-corrected chi connectivity index (χ3v) is 2.31. The lowest BCUT2D eigenvalue weighted by Crippen LogP contribution is -1.88. The van der Waals surface area contributed by atoms with Gasteiger partial charge in [-0.3, -0.25) is 0 Å². The predicted molar refractivity (Wildman–Crippen MR) is 68.9 cm³/mol. The zero-order valence-electron chi connectivity index (χ0n) is 9.71. The van der Waals surface area contributed by atoms with Crippen LogP contribution >= 0.6 is 0 Å².